The highest BCUT2D eigenvalue weighted by Crippen LogP contribution is 2.22. The lowest BCUT2D eigenvalue weighted by molar-refractivity contribution is 0.632. The summed E-state index contributed by atoms with van der Waals surface area (Å²) in [6.07, 6.45) is 0. The summed E-state index contributed by atoms with van der Waals surface area (Å²) in [4.78, 5) is 7.87. The number of hydrogen-bond donors (Lipinski definition) is 2. The Hall–Kier alpha value is -1.88. The molecule has 2 rings (SSSR count). The van der Waals surface area contributed by atoms with Crippen molar-refractivity contribution in [1.29, 1.82) is 0 Å². The Morgan fingerprint density at radius 3 is 2.71 bits per heavy atom. The number of aryl methyl sites for hydroxylation is 1. The lowest BCUT2D eigenvalue weighted by Gasteiger charge is -2.08. The van der Waals surface area contributed by atoms with Crippen molar-refractivity contribution in [3.05, 3.63) is 40.8 Å². The van der Waals surface area contributed by atoms with Crippen molar-refractivity contribution in [2.75, 3.05) is 11.1 Å². The van der Waals surface area contributed by atoms with Crippen LogP contribution >= 0.6 is 11.6 Å². The van der Waals surface area contributed by atoms with Crippen molar-refractivity contribution < 1.29 is 4.39 Å². The van der Waals surface area contributed by atoms with Crippen LogP contribution in [0.2, 0.25) is 5.02 Å². The highest BCUT2D eigenvalue weighted by molar-refractivity contribution is 6.30. The summed E-state index contributed by atoms with van der Waals surface area (Å²) in [6, 6.07) is 6.02. The molecule has 0 fully saturated rings. The molecule has 4 nitrogen and oxygen atoms in total. The number of nitrogens with one attached hydrogen (secondary N) is 1. The van der Waals surface area contributed by atoms with Crippen LogP contribution in [0.25, 0.3) is 0 Å². The van der Waals surface area contributed by atoms with E-state index in [4.69, 9.17) is 17.3 Å². The first kappa shape index (κ1) is 11.6. The molecule has 1 aromatic carbocycles. The minimum absolute atomic E-state index is 0.141. The summed E-state index contributed by atoms with van der Waals surface area (Å²) < 4.78 is 13.5. The molecule has 0 aliphatic heterocycles. The van der Waals surface area contributed by atoms with Gasteiger partial charge in [0.1, 0.15) is 11.6 Å². The number of anilines is 3. The molecule has 3 N–H and O–H groups in total. The molecular formula is C11H10ClFN4. The van der Waals surface area contributed by atoms with Gasteiger partial charge in [0.15, 0.2) is 0 Å². The summed E-state index contributed by atoms with van der Waals surface area (Å²) >= 11 is 5.66. The van der Waals surface area contributed by atoms with Crippen LogP contribution in [-0.2, 0) is 0 Å². The Balaban J connectivity index is 2.31. The summed E-state index contributed by atoms with van der Waals surface area (Å²) in [6.45, 7) is 1.78. The maximum atomic E-state index is 13.5. The topological polar surface area (TPSA) is 63.8 Å². The summed E-state index contributed by atoms with van der Waals surface area (Å²) in [5, 5.41) is 3.16. The van der Waals surface area contributed by atoms with E-state index in [2.05, 4.69) is 15.3 Å². The second-order valence-electron chi connectivity index (χ2n) is 3.50. The second-order valence-corrected chi connectivity index (χ2v) is 3.94. The Labute approximate surface area is 103 Å². The SMILES string of the molecule is Cc1cc(Nc2ccc(Cl)cc2F)nc(N)n1. The van der Waals surface area contributed by atoms with Crippen molar-refractivity contribution in [3.63, 3.8) is 0 Å². The highest BCUT2D eigenvalue weighted by Gasteiger charge is 2.05. The summed E-state index contributed by atoms with van der Waals surface area (Å²) in [7, 11) is 0. The van der Waals surface area contributed by atoms with Crippen molar-refractivity contribution >= 4 is 29.1 Å². The molecule has 0 aliphatic rings. The molecule has 0 saturated carbocycles. The van der Waals surface area contributed by atoms with Crippen LogP contribution in [0.4, 0.5) is 21.8 Å². The van der Waals surface area contributed by atoms with Gasteiger partial charge in [0, 0.05) is 16.8 Å². The first-order chi connectivity index (χ1) is 8.04. The molecule has 0 amide bonds. The molecule has 0 spiro atoms. The molecule has 17 heavy (non-hydrogen) atoms. The number of benzene rings is 1. The highest BCUT2D eigenvalue weighted by atomic mass is 35.5. The Kier molecular flexibility index (Phi) is 3.10. The Morgan fingerprint density at radius 1 is 1.29 bits per heavy atom. The van der Waals surface area contributed by atoms with E-state index in [9.17, 15) is 4.39 Å². The smallest absolute Gasteiger partial charge is 0.222 e. The fraction of sp³-hybridized carbons (Fsp3) is 0.0909. The number of nitrogen functional groups attached to an aromatic ring is 1. The number of nitrogens with zero attached hydrogens (tertiary/aromatic N) is 2. The fourth-order valence-corrected chi connectivity index (χ4v) is 1.54. The third-order valence-corrected chi connectivity index (χ3v) is 2.30. The number of nitrogens with two attached hydrogens (primary N) is 1. The Morgan fingerprint density at radius 2 is 2.06 bits per heavy atom. The summed E-state index contributed by atoms with van der Waals surface area (Å²) in [5.41, 5.74) is 6.49. The lowest BCUT2D eigenvalue weighted by Crippen LogP contribution is -2.02. The van der Waals surface area contributed by atoms with Crippen LogP contribution in [0.1, 0.15) is 5.69 Å². The van der Waals surface area contributed by atoms with Crippen LogP contribution in [-0.4, -0.2) is 9.97 Å². The van der Waals surface area contributed by atoms with Gasteiger partial charge in [0.05, 0.1) is 5.69 Å². The molecule has 88 valence electrons. The number of aromatic nitrogens is 2. The van der Waals surface area contributed by atoms with Gasteiger partial charge in [0.25, 0.3) is 0 Å². The van der Waals surface area contributed by atoms with Crippen LogP contribution < -0.4 is 11.1 Å². The first-order valence-corrected chi connectivity index (χ1v) is 5.25. The van der Waals surface area contributed by atoms with Crippen molar-refractivity contribution in [3.8, 4) is 0 Å². The largest absolute Gasteiger partial charge is 0.368 e. The zero-order chi connectivity index (χ0) is 12.4. The zero-order valence-corrected chi connectivity index (χ0v) is 9.79. The van der Waals surface area contributed by atoms with E-state index in [-0.39, 0.29) is 11.6 Å². The molecule has 1 aromatic heterocycles. The van der Waals surface area contributed by atoms with E-state index >= 15 is 0 Å². The van der Waals surface area contributed by atoms with E-state index < -0.39 is 5.82 Å². The van der Waals surface area contributed by atoms with Gasteiger partial charge in [-0.3, -0.25) is 0 Å². The van der Waals surface area contributed by atoms with E-state index in [0.29, 0.717) is 16.5 Å². The molecule has 0 bridgehead atoms. The summed E-state index contributed by atoms with van der Waals surface area (Å²) in [5.74, 6) is 0.130. The standard InChI is InChI=1S/C11H10ClFN4/c1-6-4-10(17-11(14)15-6)16-9-3-2-7(12)5-8(9)13/h2-5H,1H3,(H3,14,15,16,17). The molecule has 0 unspecified atom stereocenters. The average Bonchev–Trinajstić information content (AvgIpc) is 2.21. The molecule has 0 atom stereocenters. The number of hydrogen-bond acceptors (Lipinski definition) is 4. The normalized spacial score (nSPS) is 10.3. The fourth-order valence-electron chi connectivity index (χ4n) is 1.38. The Bertz CT molecular complexity index is 539. The first-order valence-electron chi connectivity index (χ1n) is 4.88. The predicted octanol–water partition coefficient (Wildman–Crippen LogP) is 2.90. The maximum absolute atomic E-state index is 13.5. The van der Waals surface area contributed by atoms with Crippen molar-refractivity contribution in [2.24, 2.45) is 0 Å². The monoisotopic (exact) mass is 252 g/mol. The number of rotatable bonds is 2. The van der Waals surface area contributed by atoms with Gasteiger partial charge in [-0.15, -0.1) is 0 Å². The van der Waals surface area contributed by atoms with Crippen molar-refractivity contribution in [2.45, 2.75) is 6.92 Å². The molecule has 0 radical (unpaired) electrons. The molecule has 2 aromatic rings. The molecule has 1 heterocycles. The van der Waals surface area contributed by atoms with E-state index in [1.165, 1.54) is 12.1 Å². The van der Waals surface area contributed by atoms with Gasteiger partial charge in [-0.05, 0) is 25.1 Å². The molecule has 0 aliphatic carbocycles. The minimum Gasteiger partial charge on any atom is -0.368 e. The minimum atomic E-state index is -0.452. The maximum Gasteiger partial charge on any atom is 0.222 e. The third-order valence-electron chi connectivity index (χ3n) is 2.07. The van der Waals surface area contributed by atoms with Crippen LogP contribution in [0, 0.1) is 12.7 Å². The van der Waals surface area contributed by atoms with Gasteiger partial charge in [-0.1, -0.05) is 11.6 Å². The molecule has 6 heteroatoms. The van der Waals surface area contributed by atoms with Gasteiger partial charge >= 0.3 is 0 Å². The van der Waals surface area contributed by atoms with E-state index in [1.54, 1.807) is 19.1 Å². The molecule has 0 saturated heterocycles. The second kappa shape index (κ2) is 4.55. The zero-order valence-electron chi connectivity index (χ0n) is 9.04. The third kappa shape index (κ3) is 2.82. The van der Waals surface area contributed by atoms with Gasteiger partial charge < -0.3 is 11.1 Å². The van der Waals surface area contributed by atoms with Gasteiger partial charge in [-0.2, -0.15) is 4.98 Å². The van der Waals surface area contributed by atoms with Crippen LogP contribution in [0.5, 0.6) is 0 Å². The number of halogens is 2. The van der Waals surface area contributed by atoms with Gasteiger partial charge in [-0.25, -0.2) is 9.37 Å². The average molecular weight is 253 g/mol. The van der Waals surface area contributed by atoms with Gasteiger partial charge in [0.2, 0.25) is 5.95 Å². The lowest BCUT2D eigenvalue weighted by atomic mass is 10.3. The quantitative estimate of drug-likeness (QED) is 0.863. The predicted molar refractivity (Wildman–Crippen MR) is 65.9 cm³/mol. The molecular weight excluding hydrogens is 243 g/mol. The van der Waals surface area contributed by atoms with Crippen LogP contribution in [0.3, 0.4) is 0 Å². The van der Waals surface area contributed by atoms with Crippen LogP contribution in [0.15, 0.2) is 24.3 Å². The van der Waals surface area contributed by atoms with E-state index in [0.717, 1.165) is 0 Å². The van der Waals surface area contributed by atoms with Crippen molar-refractivity contribution in [1.82, 2.24) is 9.97 Å². The van der Waals surface area contributed by atoms with E-state index in [1.807, 2.05) is 0 Å².